The van der Waals surface area contributed by atoms with Gasteiger partial charge in [-0.15, -0.1) is 0 Å². The molecule has 1 heterocycles. The molecule has 7 heteroatoms. The number of rotatable bonds is 6. The lowest BCUT2D eigenvalue weighted by molar-refractivity contribution is -0.117. The first-order valence-electron chi connectivity index (χ1n) is 12.3. The molecule has 31 heavy (non-hydrogen) atoms. The highest BCUT2D eigenvalue weighted by Gasteiger charge is 2.51. The van der Waals surface area contributed by atoms with E-state index in [2.05, 4.69) is 15.8 Å². The molecule has 5 aliphatic rings. The van der Waals surface area contributed by atoms with E-state index in [1.807, 2.05) is 0 Å². The SMILES string of the molecule is Cc1cc(NC(=O)CN(CC2CCCCC2)C(=O)NC23CC4CC(CC(C4)C2)C3)no1. The molecule has 1 aromatic heterocycles. The molecular weight excluding hydrogens is 392 g/mol. The number of hydrogen-bond acceptors (Lipinski definition) is 4. The number of carbonyl (C=O) groups is 2. The van der Waals surface area contributed by atoms with Gasteiger partial charge in [0, 0.05) is 18.2 Å². The predicted molar refractivity (Wildman–Crippen MR) is 117 cm³/mol. The molecule has 0 aliphatic heterocycles. The summed E-state index contributed by atoms with van der Waals surface area (Å²) in [6.45, 7) is 2.50. The van der Waals surface area contributed by atoms with Crippen molar-refractivity contribution in [3.63, 3.8) is 0 Å². The van der Waals surface area contributed by atoms with Crippen LogP contribution in [0.15, 0.2) is 10.6 Å². The molecule has 6 rings (SSSR count). The number of hydrogen-bond donors (Lipinski definition) is 2. The van der Waals surface area contributed by atoms with Crippen LogP contribution in [0.5, 0.6) is 0 Å². The quantitative estimate of drug-likeness (QED) is 0.699. The number of urea groups is 1. The molecule has 4 bridgehead atoms. The lowest BCUT2D eigenvalue weighted by atomic mass is 9.53. The van der Waals surface area contributed by atoms with Gasteiger partial charge >= 0.3 is 6.03 Å². The Morgan fingerprint density at radius 3 is 2.32 bits per heavy atom. The molecule has 7 nitrogen and oxygen atoms in total. The lowest BCUT2D eigenvalue weighted by Crippen LogP contribution is -2.62. The van der Waals surface area contributed by atoms with Gasteiger partial charge in [-0.25, -0.2) is 4.79 Å². The summed E-state index contributed by atoms with van der Waals surface area (Å²) in [4.78, 5) is 28.0. The Balaban J connectivity index is 1.26. The zero-order chi connectivity index (χ0) is 21.4. The minimum atomic E-state index is -0.218. The molecule has 0 unspecified atom stereocenters. The maximum Gasteiger partial charge on any atom is 0.318 e. The van der Waals surface area contributed by atoms with E-state index in [4.69, 9.17) is 4.52 Å². The summed E-state index contributed by atoms with van der Waals surface area (Å²) in [5.74, 6) is 3.64. The third-order valence-electron chi connectivity index (χ3n) is 8.13. The Morgan fingerprint density at radius 1 is 1.10 bits per heavy atom. The van der Waals surface area contributed by atoms with Crippen LogP contribution in [-0.4, -0.2) is 40.6 Å². The van der Waals surface area contributed by atoms with Crippen LogP contribution in [0.1, 0.15) is 76.4 Å². The van der Waals surface area contributed by atoms with Gasteiger partial charge in [0.05, 0.1) is 0 Å². The van der Waals surface area contributed by atoms with Gasteiger partial charge in [0.15, 0.2) is 5.82 Å². The number of anilines is 1. The van der Waals surface area contributed by atoms with Crippen molar-refractivity contribution in [3.05, 3.63) is 11.8 Å². The monoisotopic (exact) mass is 428 g/mol. The van der Waals surface area contributed by atoms with Crippen molar-refractivity contribution >= 4 is 17.8 Å². The van der Waals surface area contributed by atoms with E-state index in [9.17, 15) is 9.59 Å². The largest absolute Gasteiger partial charge is 0.360 e. The Morgan fingerprint density at radius 2 is 1.74 bits per heavy atom. The van der Waals surface area contributed by atoms with E-state index in [1.54, 1.807) is 17.9 Å². The van der Waals surface area contributed by atoms with Crippen LogP contribution in [0.4, 0.5) is 10.6 Å². The summed E-state index contributed by atoms with van der Waals surface area (Å²) in [6, 6.07) is 1.64. The van der Waals surface area contributed by atoms with Crippen molar-refractivity contribution in [2.24, 2.45) is 23.7 Å². The molecule has 170 valence electrons. The Hall–Kier alpha value is -2.05. The molecule has 0 spiro atoms. The van der Waals surface area contributed by atoms with Crippen LogP contribution in [0.2, 0.25) is 0 Å². The second kappa shape index (κ2) is 8.47. The minimum absolute atomic E-state index is 0.0453. The molecule has 0 radical (unpaired) electrons. The van der Waals surface area contributed by atoms with Crippen LogP contribution in [-0.2, 0) is 4.79 Å². The summed E-state index contributed by atoms with van der Waals surface area (Å²) in [5, 5.41) is 10.1. The molecule has 0 saturated heterocycles. The second-order valence-corrected chi connectivity index (χ2v) is 10.9. The van der Waals surface area contributed by atoms with Gasteiger partial charge < -0.3 is 20.1 Å². The maximum absolute atomic E-state index is 13.5. The summed E-state index contributed by atoms with van der Waals surface area (Å²) in [7, 11) is 0. The fraction of sp³-hybridized carbons (Fsp3) is 0.792. The number of amides is 3. The average molecular weight is 429 g/mol. The normalized spacial score (nSPS) is 32.1. The Kier molecular flexibility index (Phi) is 5.69. The molecule has 5 fully saturated rings. The van der Waals surface area contributed by atoms with Crippen molar-refractivity contribution < 1.29 is 14.1 Å². The van der Waals surface area contributed by atoms with Gasteiger partial charge in [-0.05, 0) is 82.0 Å². The van der Waals surface area contributed by atoms with Crippen molar-refractivity contribution in [2.45, 2.75) is 83.1 Å². The van der Waals surface area contributed by atoms with E-state index in [0.29, 0.717) is 24.0 Å². The smallest absolute Gasteiger partial charge is 0.318 e. The molecule has 3 amide bonds. The molecule has 5 saturated carbocycles. The summed E-state index contributed by atoms with van der Waals surface area (Å²) in [5.41, 5.74) is -0.0453. The first kappa shape index (κ1) is 20.8. The van der Waals surface area contributed by atoms with Crippen LogP contribution >= 0.6 is 0 Å². The van der Waals surface area contributed by atoms with Crippen LogP contribution in [0, 0.1) is 30.6 Å². The fourth-order valence-electron chi connectivity index (χ4n) is 7.25. The standard InChI is InChI=1S/C24H36N4O3/c1-16-7-21(27-31-16)25-22(29)15-28(14-17-5-3-2-4-6-17)23(30)26-24-11-18-8-19(12-24)10-20(9-18)13-24/h7,17-20H,2-6,8-15H2,1H3,(H,26,30)(H,25,27,29). The number of carbonyl (C=O) groups excluding carboxylic acids is 2. The third-order valence-corrected chi connectivity index (χ3v) is 8.13. The number of nitrogens with one attached hydrogen (secondary N) is 2. The zero-order valence-electron chi connectivity index (χ0n) is 18.7. The van der Waals surface area contributed by atoms with Crippen LogP contribution in [0.3, 0.4) is 0 Å². The van der Waals surface area contributed by atoms with Gasteiger partial charge in [0.1, 0.15) is 12.3 Å². The molecule has 2 N–H and O–H groups in total. The van der Waals surface area contributed by atoms with Crippen LogP contribution in [0.25, 0.3) is 0 Å². The predicted octanol–water partition coefficient (Wildman–Crippen LogP) is 4.48. The summed E-state index contributed by atoms with van der Waals surface area (Å²) < 4.78 is 5.04. The highest BCUT2D eigenvalue weighted by molar-refractivity contribution is 5.93. The van der Waals surface area contributed by atoms with Gasteiger partial charge in [0.2, 0.25) is 5.91 Å². The number of nitrogens with zero attached hydrogens (tertiary/aromatic N) is 2. The fourth-order valence-corrected chi connectivity index (χ4v) is 7.25. The van der Waals surface area contributed by atoms with Gasteiger partial charge in [-0.1, -0.05) is 24.4 Å². The Bertz CT molecular complexity index is 778. The first-order valence-corrected chi connectivity index (χ1v) is 12.3. The molecule has 0 atom stereocenters. The molecule has 0 aromatic carbocycles. The number of aryl methyl sites for hydroxylation is 1. The third kappa shape index (κ3) is 4.75. The Labute approximate surface area is 184 Å². The topological polar surface area (TPSA) is 87.5 Å². The highest BCUT2D eigenvalue weighted by atomic mass is 16.5. The second-order valence-electron chi connectivity index (χ2n) is 10.9. The average Bonchev–Trinajstić information content (AvgIpc) is 3.11. The zero-order valence-corrected chi connectivity index (χ0v) is 18.7. The van der Waals surface area contributed by atoms with Crippen molar-refractivity contribution in [2.75, 3.05) is 18.4 Å². The molecular formula is C24H36N4O3. The van der Waals surface area contributed by atoms with Crippen molar-refractivity contribution in [3.8, 4) is 0 Å². The van der Waals surface area contributed by atoms with E-state index in [-0.39, 0.29) is 24.0 Å². The summed E-state index contributed by atoms with van der Waals surface area (Å²) >= 11 is 0. The maximum atomic E-state index is 13.5. The van der Waals surface area contributed by atoms with E-state index >= 15 is 0 Å². The van der Waals surface area contributed by atoms with E-state index in [1.165, 1.54) is 38.5 Å². The highest BCUT2D eigenvalue weighted by Crippen LogP contribution is 2.55. The van der Waals surface area contributed by atoms with Gasteiger partial charge in [-0.3, -0.25) is 4.79 Å². The molecule has 5 aliphatic carbocycles. The van der Waals surface area contributed by atoms with E-state index in [0.717, 1.165) is 49.9 Å². The lowest BCUT2D eigenvalue weighted by Gasteiger charge is -2.57. The van der Waals surface area contributed by atoms with Crippen LogP contribution < -0.4 is 10.6 Å². The molecule has 1 aromatic rings. The first-order chi connectivity index (χ1) is 15.0. The van der Waals surface area contributed by atoms with Crippen molar-refractivity contribution in [1.29, 1.82) is 0 Å². The minimum Gasteiger partial charge on any atom is -0.360 e. The van der Waals surface area contributed by atoms with E-state index < -0.39 is 0 Å². The number of aromatic nitrogens is 1. The summed E-state index contributed by atoms with van der Waals surface area (Å²) in [6.07, 6.45) is 13.4. The van der Waals surface area contributed by atoms with Gasteiger partial charge in [-0.2, -0.15) is 0 Å². The van der Waals surface area contributed by atoms with Gasteiger partial charge in [0.25, 0.3) is 0 Å². The van der Waals surface area contributed by atoms with Crippen molar-refractivity contribution in [1.82, 2.24) is 15.4 Å².